The molecule has 0 unspecified atom stereocenters. The molecular weight excluding hydrogens is 332 g/mol. The number of hydrogen-bond acceptors (Lipinski definition) is 4. The van der Waals surface area contributed by atoms with Gasteiger partial charge in [0.05, 0.1) is 18.7 Å². The lowest BCUT2D eigenvalue weighted by molar-refractivity contribution is -0.120. The summed E-state index contributed by atoms with van der Waals surface area (Å²) in [7, 11) is -3.28. The lowest BCUT2D eigenvalue weighted by Gasteiger charge is -2.08. The lowest BCUT2D eigenvalue weighted by atomic mass is 10.1. The summed E-state index contributed by atoms with van der Waals surface area (Å²) >= 11 is 1.60. The van der Waals surface area contributed by atoms with E-state index in [0.717, 1.165) is 10.4 Å². The molecular formula is C16H20N2O3S2. The highest BCUT2D eigenvalue weighted by Gasteiger charge is 2.09. The van der Waals surface area contributed by atoms with Crippen molar-refractivity contribution in [3.63, 3.8) is 0 Å². The van der Waals surface area contributed by atoms with Gasteiger partial charge in [-0.05, 0) is 35.6 Å². The number of benzene rings is 1. The Morgan fingerprint density at radius 1 is 1.17 bits per heavy atom. The van der Waals surface area contributed by atoms with Crippen molar-refractivity contribution >= 4 is 33.0 Å². The van der Waals surface area contributed by atoms with Crippen molar-refractivity contribution in [1.82, 2.24) is 5.32 Å². The van der Waals surface area contributed by atoms with Crippen molar-refractivity contribution in [2.45, 2.75) is 26.3 Å². The van der Waals surface area contributed by atoms with Crippen LogP contribution >= 0.6 is 11.3 Å². The summed E-state index contributed by atoms with van der Waals surface area (Å²) in [5.41, 5.74) is 1.35. The molecule has 2 rings (SSSR count). The zero-order chi connectivity index (χ0) is 16.7. The van der Waals surface area contributed by atoms with Crippen LogP contribution in [-0.2, 0) is 27.8 Å². The van der Waals surface area contributed by atoms with Crippen LogP contribution < -0.4 is 10.0 Å². The number of carbonyl (C=O) groups is 1. The molecule has 0 fully saturated rings. The van der Waals surface area contributed by atoms with Crippen LogP contribution in [0.15, 0.2) is 41.8 Å². The first-order valence-electron chi connectivity index (χ1n) is 7.37. The average molecular weight is 352 g/mol. The van der Waals surface area contributed by atoms with E-state index in [0.29, 0.717) is 18.7 Å². The van der Waals surface area contributed by atoms with Gasteiger partial charge in [-0.15, -0.1) is 11.3 Å². The summed E-state index contributed by atoms with van der Waals surface area (Å²) in [5.74, 6) is 0.0394. The minimum Gasteiger partial charge on any atom is -0.351 e. The van der Waals surface area contributed by atoms with Gasteiger partial charge < -0.3 is 5.32 Å². The van der Waals surface area contributed by atoms with Crippen molar-refractivity contribution in [1.29, 1.82) is 0 Å². The van der Waals surface area contributed by atoms with Crippen molar-refractivity contribution in [2.24, 2.45) is 0 Å². The molecule has 124 valence electrons. The normalized spacial score (nSPS) is 11.2. The number of carbonyl (C=O) groups excluding carboxylic acids is 1. The maximum atomic E-state index is 11.9. The number of anilines is 1. The average Bonchev–Trinajstić information content (AvgIpc) is 3.00. The van der Waals surface area contributed by atoms with Gasteiger partial charge >= 0.3 is 0 Å². The fourth-order valence-electron chi connectivity index (χ4n) is 2.04. The van der Waals surface area contributed by atoms with Crippen molar-refractivity contribution in [3.05, 3.63) is 52.2 Å². The molecule has 0 saturated heterocycles. The number of rotatable bonds is 8. The van der Waals surface area contributed by atoms with Gasteiger partial charge in [0.15, 0.2) is 0 Å². The maximum Gasteiger partial charge on any atom is 0.232 e. The SMILES string of the molecule is CCCS(=O)(=O)Nc1ccc(CC(=O)NCc2cccs2)cc1. The topological polar surface area (TPSA) is 75.3 Å². The smallest absolute Gasteiger partial charge is 0.232 e. The summed E-state index contributed by atoms with van der Waals surface area (Å²) in [5, 5.41) is 4.84. The molecule has 1 aromatic carbocycles. The van der Waals surface area contributed by atoms with Gasteiger partial charge in [-0.1, -0.05) is 25.1 Å². The summed E-state index contributed by atoms with van der Waals surface area (Å²) in [4.78, 5) is 13.0. The van der Waals surface area contributed by atoms with E-state index in [1.54, 1.807) is 35.6 Å². The van der Waals surface area contributed by atoms with Gasteiger partial charge in [0, 0.05) is 10.6 Å². The first-order valence-corrected chi connectivity index (χ1v) is 9.90. The molecule has 0 aliphatic heterocycles. The quantitative estimate of drug-likeness (QED) is 0.767. The zero-order valence-electron chi connectivity index (χ0n) is 12.9. The Hall–Kier alpha value is -1.86. The maximum absolute atomic E-state index is 11.9. The molecule has 0 saturated carbocycles. The van der Waals surface area contributed by atoms with Crippen LogP contribution in [0.1, 0.15) is 23.8 Å². The van der Waals surface area contributed by atoms with Gasteiger partial charge in [0.2, 0.25) is 15.9 Å². The molecule has 1 heterocycles. The minimum atomic E-state index is -3.28. The largest absolute Gasteiger partial charge is 0.351 e. The van der Waals surface area contributed by atoms with Gasteiger partial charge in [0.25, 0.3) is 0 Å². The zero-order valence-corrected chi connectivity index (χ0v) is 14.5. The molecule has 2 N–H and O–H groups in total. The Bertz CT molecular complexity index is 723. The minimum absolute atomic E-state index is 0.0577. The third-order valence-corrected chi connectivity index (χ3v) is 5.47. The van der Waals surface area contributed by atoms with E-state index in [1.165, 1.54) is 0 Å². The van der Waals surface area contributed by atoms with Crippen molar-refractivity contribution in [3.8, 4) is 0 Å². The Morgan fingerprint density at radius 3 is 2.52 bits per heavy atom. The van der Waals surface area contributed by atoms with E-state index in [2.05, 4.69) is 10.0 Å². The van der Waals surface area contributed by atoms with Gasteiger partial charge in [-0.25, -0.2) is 8.42 Å². The molecule has 2 aromatic rings. The van der Waals surface area contributed by atoms with Gasteiger partial charge in [0.1, 0.15) is 0 Å². The standard InChI is InChI=1S/C16H20N2O3S2/c1-2-10-23(20,21)18-14-7-5-13(6-8-14)11-16(19)17-12-15-4-3-9-22-15/h3-9,18H,2,10-12H2,1H3,(H,17,19). The molecule has 1 aromatic heterocycles. The predicted octanol–water partition coefficient (Wildman–Crippen LogP) is 2.76. The van der Waals surface area contributed by atoms with Crippen LogP contribution in [0.5, 0.6) is 0 Å². The fourth-order valence-corrected chi connectivity index (χ4v) is 3.82. The second kappa shape index (κ2) is 8.12. The summed E-state index contributed by atoms with van der Waals surface area (Å²) in [6.45, 7) is 2.35. The molecule has 0 radical (unpaired) electrons. The molecule has 0 spiro atoms. The van der Waals surface area contributed by atoms with Gasteiger partial charge in [-0.2, -0.15) is 0 Å². The number of amides is 1. The summed E-state index contributed by atoms with van der Waals surface area (Å²) < 4.78 is 25.9. The third kappa shape index (κ3) is 6.03. The number of nitrogens with one attached hydrogen (secondary N) is 2. The van der Waals surface area contributed by atoms with E-state index in [9.17, 15) is 13.2 Å². The number of hydrogen-bond donors (Lipinski definition) is 2. The molecule has 0 atom stereocenters. The second-order valence-electron chi connectivity index (χ2n) is 5.15. The van der Waals surface area contributed by atoms with Crippen LogP contribution in [0, 0.1) is 0 Å². The summed E-state index contributed by atoms with van der Waals surface area (Å²) in [6, 6.07) is 10.8. The van der Waals surface area contributed by atoms with Crippen LogP contribution in [0.2, 0.25) is 0 Å². The first-order chi connectivity index (χ1) is 11.0. The Balaban J connectivity index is 1.85. The molecule has 23 heavy (non-hydrogen) atoms. The van der Waals surface area contributed by atoms with E-state index in [4.69, 9.17) is 0 Å². The molecule has 7 heteroatoms. The second-order valence-corrected chi connectivity index (χ2v) is 8.02. The highest BCUT2D eigenvalue weighted by molar-refractivity contribution is 7.92. The Labute approximate surface area is 140 Å². The summed E-state index contributed by atoms with van der Waals surface area (Å²) in [6.07, 6.45) is 0.838. The predicted molar refractivity (Wildman–Crippen MR) is 94.0 cm³/mol. The van der Waals surface area contributed by atoms with Crippen LogP contribution in [-0.4, -0.2) is 20.1 Å². The number of sulfonamides is 1. The van der Waals surface area contributed by atoms with E-state index < -0.39 is 10.0 Å². The Morgan fingerprint density at radius 2 is 1.91 bits per heavy atom. The first kappa shape index (κ1) is 17.5. The number of thiophene rings is 1. The molecule has 0 aliphatic carbocycles. The van der Waals surface area contributed by atoms with Crippen LogP contribution in [0.3, 0.4) is 0 Å². The highest BCUT2D eigenvalue weighted by atomic mass is 32.2. The molecule has 5 nitrogen and oxygen atoms in total. The van der Waals surface area contributed by atoms with Crippen LogP contribution in [0.4, 0.5) is 5.69 Å². The van der Waals surface area contributed by atoms with E-state index in [1.807, 2.05) is 24.4 Å². The molecule has 1 amide bonds. The highest BCUT2D eigenvalue weighted by Crippen LogP contribution is 2.13. The Kier molecular flexibility index (Phi) is 6.18. The lowest BCUT2D eigenvalue weighted by Crippen LogP contribution is -2.24. The van der Waals surface area contributed by atoms with Crippen molar-refractivity contribution < 1.29 is 13.2 Å². The fraction of sp³-hybridized carbons (Fsp3) is 0.312. The molecule has 0 bridgehead atoms. The van der Waals surface area contributed by atoms with Gasteiger partial charge in [-0.3, -0.25) is 9.52 Å². The third-order valence-electron chi connectivity index (χ3n) is 3.10. The van der Waals surface area contributed by atoms with E-state index in [-0.39, 0.29) is 18.1 Å². The molecule has 0 aliphatic rings. The monoisotopic (exact) mass is 352 g/mol. The van der Waals surface area contributed by atoms with E-state index >= 15 is 0 Å². The van der Waals surface area contributed by atoms with Crippen molar-refractivity contribution in [2.75, 3.05) is 10.5 Å². The van der Waals surface area contributed by atoms with Crippen LogP contribution in [0.25, 0.3) is 0 Å².